The highest BCUT2D eigenvalue weighted by Crippen LogP contribution is 2.44. The highest BCUT2D eigenvalue weighted by Gasteiger charge is 2.58. The number of amides is 2. The van der Waals surface area contributed by atoms with E-state index in [0.29, 0.717) is 6.92 Å². The topological polar surface area (TPSA) is 105 Å². The van der Waals surface area contributed by atoms with Crippen LogP contribution in [0.4, 0.5) is 18.0 Å². The summed E-state index contributed by atoms with van der Waals surface area (Å²) in [4.78, 5) is 36.0. The number of carbonyl (C=O) groups is 3. The molecule has 7 nitrogen and oxygen atoms in total. The predicted molar refractivity (Wildman–Crippen MR) is 122 cm³/mol. The third-order valence-electron chi connectivity index (χ3n) is 6.33. The number of ether oxygens (including phenoxy) is 1. The van der Waals surface area contributed by atoms with Gasteiger partial charge in [-0.25, -0.2) is 4.79 Å². The smallest absolute Gasteiger partial charge is 0.420 e. The number of carbonyl (C=O) groups excluding carboxylic acids is 2. The van der Waals surface area contributed by atoms with Crippen LogP contribution in [0.15, 0.2) is 48.5 Å². The van der Waals surface area contributed by atoms with E-state index in [2.05, 4.69) is 5.32 Å². The second-order valence-electron chi connectivity index (χ2n) is 9.27. The quantitative estimate of drug-likeness (QED) is 0.505. The number of aliphatic carboxylic acids is 1. The molecule has 0 aromatic heterocycles. The molecule has 0 spiro atoms. The molecular weight excluding hydrogens is 465 g/mol. The van der Waals surface area contributed by atoms with Gasteiger partial charge in [-0.05, 0) is 49.4 Å². The van der Waals surface area contributed by atoms with E-state index in [-0.39, 0.29) is 25.5 Å². The van der Waals surface area contributed by atoms with Gasteiger partial charge in [-0.1, -0.05) is 48.5 Å². The van der Waals surface area contributed by atoms with Crippen LogP contribution in [0.2, 0.25) is 0 Å². The Morgan fingerprint density at radius 3 is 1.94 bits per heavy atom. The molecule has 1 atom stereocenters. The van der Waals surface area contributed by atoms with Gasteiger partial charge in [0.2, 0.25) is 5.54 Å². The first-order chi connectivity index (χ1) is 16.3. The zero-order valence-corrected chi connectivity index (χ0v) is 19.5. The van der Waals surface area contributed by atoms with Gasteiger partial charge in [-0.15, -0.1) is 0 Å². The zero-order chi connectivity index (χ0) is 26.0. The molecule has 10 heteroatoms. The largest absolute Gasteiger partial charge is 0.481 e. The van der Waals surface area contributed by atoms with Gasteiger partial charge in [-0.3, -0.25) is 14.9 Å². The van der Waals surface area contributed by atoms with Crippen molar-refractivity contribution in [1.82, 2.24) is 10.6 Å². The lowest BCUT2D eigenvalue weighted by molar-refractivity contribution is -0.194. The number of rotatable bonds is 8. The van der Waals surface area contributed by atoms with Gasteiger partial charge < -0.3 is 15.2 Å². The Morgan fingerprint density at radius 2 is 1.46 bits per heavy atom. The molecule has 2 aromatic rings. The van der Waals surface area contributed by atoms with Crippen LogP contribution in [-0.4, -0.2) is 47.9 Å². The molecule has 0 bridgehead atoms. The van der Waals surface area contributed by atoms with Crippen molar-refractivity contribution in [1.29, 1.82) is 0 Å². The molecule has 0 fully saturated rings. The van der Waals surface area contributed by atoms with E-state index in [0.717, 1.165) is 22.3 Å². The minimum Gasteiger partial charge on any atom is -0.481 e. The monoisotopic (exact) mass is 492 g/mol. The van der Waals surface area contributed by atoms with Gasteiger partial charge in [0.15, 0.2) is 0 Å². The third-order valence-corrected chi connectivity index (χ3v) is 6.33. The lowest BCUT2D eigenvalue weighted by atomic mass is 9.89. The van der Waals surface area contributed by atoms with Crippen LogP contribution in [0.5, 0.6) is 0 Å². The first-order valence-corrected chi connectivity index (χ1v) is 11.0. The minimum absolute atomic E-state index is 0.104. The first kappa shape index (κ1) is 26.1. The van der Waals surface area contributed by atoms with Crippen molar-refractivity contribution in [3.05, 3.63) is 59.7 Å². The minimum atomic E-state index is -5.13. The molecule has 2 amide bonds. The summed E-state index contributed by atoms with van der Waals surface area (Å²) in [5, 5.41) is 12.9. The molecule has 1 aliphatic carbocycles. The van der Waals surface area contributed by atoms with Crippen LogP contribution >= 0.6 is 0 Å². The lowest BCUT2D eigenvalue weighted by Gasteiger charge is -2.31. The third kappa shape index (κ3) is 5.26. The summed E-state index contributed by atoms with van der Waals surface area (Å²) in [7, 11) is 0. The van der Waals surface area contributed by atoms with Gasteiger partial charge in [-0.2, -0.15) is 13.2 Å². The summed E-state index contributed by atoms with van der Waals surface area (Å²) in [6.07, 6.45) is -6.63. The molecule has 3 N–H and O–H groups in total. The number of carboxylic acids is 1. The Hall–Kier alpha value is -3.56. The SMILES string of the molecule is CC(C)(CCNC(=O)C(C)(NC(=O)OCC1c2ccccc2-c2ccccc21)C(F)(F)F)C(=O)O. The summed E-state index contributed by atoms with van der Waals surface area (Å²) in [5.74, 6) is -3.03. The molecule has 0 heterocycles. The van der Waals surface area contributed by atoms with Gasteiger partial charge in [0.1, 0.15) is 6.61 Å². The van der Waals surface area contributed by atoms with E-state index in [1.54, 1.807) is 5.32 Å². The molecule has 1 aliphatic rings. The van der Waals surface area contributed by atoms with E-state index in [4.69, 9.17) is 9.84 Å². The summed E-state index contributed by atoms with van der Waals surface area (Å²) in [5.41, 5.74) is -0.829. The average molecular weight is 492 g/mol. The predicted octanol–water partition coefficient (Wildman–Crippen LogP) is 4.46. The second-order valence-corrected chi connectivity index (χ2v) is 9.27. The van der Waals surface area contributed by atoms with E-state index in [9.17, 15) is 27.6 Å². The number of fused-ring (bicyclic) bond motifs is 3. The Bertz CT molecular complexity index is 1090. The van der Waals surface area contributed by atoms with Crippen molar-refractivity contribution in [2.45, 2.75) is 44.8 Å². The van der Waals surface area contributed by atoms with E-state index < -0.39 is 35.1 Å². The van der Waals surface area contributed by atoms with Crippen LogP contribution < -0.4 is 10.6 Å². The molecule has 2 aromatic carbocycles. The summed E-state index contributed by atoms with van der Waals surface area (Å²) in [6.45, 7) is 2.77. The van der Waals surface area contributed by atoms with E-state index in [1.807, 2.05) is 48.5 Å². The average Bonchev–Trinajstić information content (AvgIpc) is 3.10. The lowest BCUT2D eigenvalue weighted by Crippen LogP contribution is -2.65. The van der Waals surface area contributed by atoms with Crippen LogP contribution in [0.25, 0.3) is 11.1 Å². The van der Waals surface area contributed by atoms with Gasteiger partial charge in [0.05, 0.1) is 5.41 Å². The number of carboxylic acid groups (broad SMARTS) is 1. The number of alkyl halides is 3. The number of hydrogen-bond acceptors (Lipinski definition) is 4. The maximum Gasteiger partial charge on any atom is 0.420 e. The molecule has 188 valence electrons. The standard InChI is InChI=1S/C25H27F3N2O5/c1-23(2,21(32)33)12-13-29-20(31)24(3,25(26,27)28)30-22(34)35-14-19-17-10-6-4-8-15(17)16-9-5-7-11-18(16)19/h4-11,19H,12-14H2,1-3H3,(H,29,31)(H,30,34)(H,32,33). The van der Waals surface area contributed by atoms with Crippen LogP contribution in [0.1, 0.15) is 44.2 Å². The fraction of sp³-hybridized carbons (Fsp3) is 0.400. The highest BCUT2D eigenvalue weighted by molar-refractivity contribution is 5.90. The van der Waals surface area contributed by atoms with Crippen LogP contribution in [-0.2, 0) is 14.3 Å². The highest BCUT2D eigenvalue weighted by atomic mass is 19.4. The second kappa shape index (κ2) is 9.59. The molecule has 0 radical (unpaired) electrons. The van der Waals surface area contributed by atoms with Crippen molar-refractivity contribution < 1.29 is 37.4 Å². The first-order valence-electron chi connectivity index (χ1n) is 11.0. The Labute approximate surface area is 200 Å². The Morgan fingerprint density at radius 1 is 0.943 bits per heavy atom. The summed E-state index contributed by atoms with van der Waals surface area (Å²) < 4.78 is 46.6. The van der Waals surface area contributed by atoms with Gasteiger partial charge in [0, 0.05) is 12.5 Å². The fourth-order valence-corrected chi connectivity index (χ4v) is 3.87. The normalized spacial score (nSPS) is 14.9. The van der Waals surface area contributed by atoms with E-state index in [1.165, 1.54) is 13.8 Å². The zero-order valence-electron chi connectivity index (χ0n) is 19.5. The number of nitrogens with one attached hydrogen (secondary N) is 2. The summed E-state index contributed by atoms with van der Waals surface area (Å²) in [6, 6.07) is 15.0. The fourth-order valence-electron chi connectivity index (χ4n) is 3.87. The molecule has 0 aliphatic heterocycles. The van der Waals surface area contributed by atoms with Gasteiger partial charge >= 0.3 is 18.2 Å². The molecular formula is C25H27F3N2O5. The Balaban J connectivity index is 1.68. The molecule has 0 saturated carbocycles. The van der Waals surface area contributed by atoms with Crippen molar-refractivity contribution in [2.75, 3.05) is 13.2 Å². The number of halogens is 3. The maximum absolute atomic E-state index is 13.8. The molecule has 35 heavy (non-hydrogen) atoms. The van der Waals surface area contributed by atoms with Crippen LogP contribution in [0.3, 0.4) is 0 Å². The number of hydrogen-bond donors (Lipinski definition) is 3. The van der Waals surface area contributed by atoms with Crippen molar-refractivity contribution in [3.63, 3.8) is 0 Å². The van der Waals surface area contributed by atoms with Crippen molar-refractivity contribution in [3.8, 4) is 11.1 Å². The Kier molecular flexibility index (Phi) is 7.14. The van der Waals surface area contributed by atoms with Crippen molar-refractivity contribution in [2.24, 2.45) is 5.41 Å². The molecule has 1 unspecified atom stereocenters. The van der Waals surface area contributed by atoms with Gasteiger partial charge in [0.25, 0.3) is 5.91 Å². The number of alkyl carbamates (subject to hydrolysis) is 1. The number of benzene rings is 2. The molecule has 0 saturated heterocycles. The van der Waals surface area contributed by atoms with Crippen molar-refractivity contribution >= 4 is 18.0 Å². The summed E-state index contributed by atoms with van der Waals surface area (Å²) >= 11 is 0. The maximum atomic E-state index is 13.8. The van der Waals surface area contributed by atoms with E-state index >= 15 is 0 Å². The van der Waals surface area contributed by atoms with Crippen LogP contribution in [0, 0.1) is 5.41 Å². The molecule has 3 rings (SSSR count).